The van der Waals surface area contributed by atoms with Crippen molar-refractivity contribution >= 4 is 17.8 Å². The Kier molecular flexibility index (Phi) is 7.15. The molecule has 1 saturated carbocycles. The number of rotatable bonds is 8. The molecule has 0 saturated heterocycles. The Bertz CT molecular complexity index is 574. The van der Waals surface area contributed by atoms with Gasteiger partial charge in [0.05, 0.1) is 0 Å². The van der Waals surface area contributed by atoms with E-state index >= 15 is 0 Å². The van der Waals surface area contributed by atoms with Crippen LogP contribution < -0.4 is 5.32 Å². The molecule has 5 heteroatoms. The van der Waals surface area contributed by atoms with Crippen molar-refractivity contribution in [1.29, 1.82) is 0 Å². The van der Waals surface area contributed by atoms with Crippen molar-refractivity contribution in [2.24, 2.45) is 5.92 Å². The molecular weight excluding hydrogens is 306 g/mol. The minimum atomic E-state index is -0.774. The van der Waals surface area contributed by atoms with Crippen molar-refractivity contribution < 1.29 is 19.8 Å². The fourth-order valence-corrected chi connectivity index (χ4v) is 3.14. The van der Waals surface area contributed by atoms with Crippen LogP contribution in [-0.2, 0) is 16.1 Å². The van der Waals surface area contributed by atoms with Gasteiger partial charge in [-0.3, -0.25) is 9.59 Å². The van der Waals surface area contributed by atoms with E-state index in [9.17, 15) is 14.7 Å². The van der Waals surface area contributed by atoms with Gasteiger partial charge >= 0.3 is 5.97 Å². The van der Waals surface area contributed by atoms with Crippen molar-refractivity contribution in [3.8, 4) is 0 Å². The predicted molar refractivity (Wildman–Crippen MR) is 92.4 cm³/mol. The second-order valence-electron chi connectivity index (χ2n) is 6.29. The Labute approximate surface area is 142 Å². The molecule has 1 aromatic rings. The van der Waals surface area contributed by atoms with Gasteiger partial charge in [0, 0.05) is 6.54 Å². The van der Waals surface area contributed by atoms with Crippen molar-refractivity contribution in [2.75, 3.05) is 6.61 Å². The fourth-order valence-electron chi connectivity index (χ4n) is 3.14. The zero-order valence-corrected chi connectivity index (χ0v) is 13.8. The number of carbonyl (C=O) groups is 2. The van der Waals surface area contributed by atoms with Gasteiger partial charge in [0.2, 0.25) is 0 Å². The summed E-state index contributed by atoms with van der Waals surface area (Å²) in [5, 5.41) is 21.3. The van der Waals surface area contributed by atoms with Gasteiger partial charge in [-0.05, 0) is 36.0 Å². The molecule has 0 amide bonds. The zero-order valence-electron chi connectivity index (χ0n) is 13.8. The van der Waals surface area contributed by atoms with Gasteiger partial charge in [-0.1, -0.05) is 49.6 Å². The number of hydrogen-bond donors (Lipinski definition) is 3. The number of aliphatic carboxylic acids is 1. The molecule has 0 aromatic heterocycles. The first kappa shape index (κ1) is 18.4. The normalized spacial score (nSPS) is 17.0. The lowest BCUT2D eigenvalue weighted by Gasteiger charge is -2.28. The first-order valence-corrected chi connectivity index (χ1v) is 8.47. The molecule has 24 heavy (non-hydrogen) atoms. The molecule has 0 aliphatic heterocycles. The van der Waals surface area contributed by atoms with Crippen LogP contribution in [0.1, 0.15) is 43.2 Å². The maximum absolute atomic E-state index is 11.5. The number of aliphatic hydroxyl groups is 1. The number of ketones is 1. The monoisotopic (exact) mass is 331 g/mol. The molecule has 0 unspecified atom stereocenters. The van der Waals surface area contributed by atoms with Crippen LogP contribution in [0.25, 0.3) is 6.08 Å². The Morgan fingerprint density at radius 1 is 1.17 bits per heavy atom. The van der Waals surface area contributed by atoms with E-state index in [1.54, 1.807) is 6.08 Å². The van der Waals surface area contributed by atoms with E-state index in [-0.39, 0.29) is 11.7 Å². The highest BCUT2D eigenvalue weighted by Gasteiger charge is 2.28. The molecule has 2 rings (SSSR count). The van der Waals surface area contributed by atoms with Crippen LogP contribution in [0.3, 0.4) is 0 Å². The molecule has 3 N–H and O–H groups in total. The quantitative estimate of drug-likeness (QED) is 0.637. The third kappa shape index (κ3) is 5.58. The highest BCUT2D eigenvalue weighted by Crippen LogP contribution is 2.26. The topological polar surface area (TPSA) is 86.6 Å². The standard InChI is InChI=1S/C19H25NO4/c21-13-17(22)11-10-14-6-8-15(9-7-14)12-20-18(19(23)24)16-4-2-1-3-5-16/h6-11,16,18,20-21H,1-5,12-13H2,(H,23,24)/b11-10+/t18-/m0/s1. The maximum atomic E-state index is 11.5. The van der Waals surface area contributed by atoms with E-state index in [0.717, 1.165) is 36.8 Å². The molecular formula is C19H25NO4. The summed E-state index contributed by atoms with van der Waals surface area (Å²) in [6.45, 7) is 0.0171. The number of aliphatic hydroxyl groups excluding tert-OH is 1. The third-order valence-corrected chi connectivity index (χ3v) is 4.51. The molecule has 1 aliphatic rings. The van der Waals surface area contributed by atoms with Gasteiger partial charge in [-0.15, -0.1) is 0 Å². The number of carboxylic acid groups (broad SMARTS) is 1. The Balaban J connectivity index is 1.91. The van der Waals surface area contributed by atoms with Crippen LogP contribution in [-0.4, -0.2) is 34.6 Å². The van der Waals surface area contributed by atoms with Crippen molar-refractivity contribution in [2.45, 2.75) is 44.7 Å². The molecule has 0 heterocycles. The fraction of sp³-hybridized carbons (Fsp3) is 0.474. The van der Waals surface area contributed by atoms with Gasteiger partial charge in [-0.2, -0.15) is 0 Å². The molecule has 0 spiro atoms. The van der Waals surface area contributed by atoms with Crippen LogP contribution in [0, 0.1) is 5.92 Å². The number of carboxylic acids is 1. The summed E-state index contributed by atoms with van der Waals surface area (Å²) in [4.78, 5) is 22.6. The smallest absolute Gasteiger partial charge is 0.320 e. The van der Waals surface area contributed by atoms with Crippen LogP contribution in [0.4, 0.5) is 0 Å². The summed E-state index contributed by atoms with van der Waals surface area (Å²) >= 11 is 0. The SMILES string of the molecule is O=C(/C=C/c1ccc(CN[C@H](C(=O)O)C2CCCCC2)cc1)CO. The second kappa shape index (κ2) is 9.35. The average Bonchev–Trinajstić information content (AvgIpc) is 2.61. The van der Waals surface area contributed by atoms with Crippen molar-refractivity contribution in [1.82, 2.24) is 5.32 Å². The second-order valence-corrected chi connectivity index (χ2v) is 6.29. The highest BCUT2D eigenvalue weighted by atomic mass is 16.4. The van der Waals surface area contributed by atoms with Gasteiger partial charge in [0.15, 0.2) is 5.78 Å². The Hall–Kier alpha value is -1.98. The largest absolute Gasteiger partial charge is 0.480 e. The number of benzene rings is 1. The van der Waals surface area contributed by atoms with Crippen LogP contribution in [0.2, 0.25) is 0 Å². The van der Waals surface area contributed by atoms with Gasteiger partial charge < -0.3 is 15.5 Å². The van der Waals surface area contributed by atoms with Gasteiger partial charge in [0.25, 0.3) is 0 Å². The first-order valence-electron chi connectivity index (χ1n) is 8.47. The van der Waals surface area contributed by atoms with E-state index in [4.69, 9.17) is 5.11 Å². The maximum Gasteiger partial charge on any atom is 0.320 e. The highest BCUT2D eigenvalue weighted by molar-refractivity contribution is 5.94. The summed E-state index contributed by atoms with van der Waals surface area (Å²) in [5.41, 5.74) is 1.87. The Morgan fingerprint density at radius 2 is 1.83 bits per heavy atom. The van der Waals surface area contributed by atoms with E-state index in [1.807, 2.05) is 24.3 Å². The number of carbonyl (C=O) groups excluding carboxylic acids is 1. The molecule has 1 atom stereocenters. The molecule has 0 radical (unpaired) electrons. The Morgan fingerprint density at radius 3 is 2.42 bits per heavy atom. The van der Waals surface area contributed by atoms with E-state index in [2.05, 4.69) is 5.32 Å². The number of nitrogens with one attached hydrogen (secondary N) is 1. The third-order valence-electron chi connectivity index (χ3n) is 4.51. The summed E-state index contributed by atoms with van der Waals surface area (Å²) < 4.78 is 0. The minimum absolute atomic E-state index is 0.211. The lowest BCUT2D eigenvalue weighted by atomic mass is 9.84. The zero-order chi connectivity index (χ0) is 17.4. The average molecular weight is 331 g/mol. The molecule has 5 nitrogen and oxygen atoms in total. The number of hydrogen-bond acceptors (Lipinski definition) is 4. The molecule has 1 aromatic carbocycles. The van der Waals surface area contributed by atoms with E-state index in [0.29, 0.717) is 6.54 Å². The van der Waals surface area contributed by atoms with E-state index < -0.39 is 18.6 Å². The van der Waals surface area contributed by atoms with Gasteiger partial charge in [0.1, 0.15) is 12.6 Å². The molecule has 0 bridgehead atoms. The van der Waals surface area contributed by atoms with Gasteiger partial charge in [-0.25, -0.2) is 0 Å². The summed E-state index contributed by atoms with van der Waals surface area (Å²) in [6.07, 6.45) is 8.39. The molecule has 130 valence electrons. The van der Waals surface area contributed by atoms with Crippen LogP contribution in [0.5, 0.6) is 0 Å². The minimum Gasteiger partial charge on any atom is -0.480 e. The first-order chi connectivity index (χ1) is 11.6. The molecule has 1 aliphatic carbocycles. The lowest BCUT2D eigenvalue weighted by Crippen LogP contribution is -2.43. The summed E-state index contributed by atoms with van der Waals surface area (Å²) in [5.74, 6) is -0.899. The van der Waals surface area contributed by atoms with Crippen LogP contribution >= 0.6 is 0 Å². The predicted octanol–water partition coefficient (Wildman–Crippen LogP) is 2.38. The van der Waals surface area contributed by atoms with Crippen LogP contribution in [0.15, 0.2) is 30.3 Å². The van der Waals surface area contributed by atoms with Crippen molar-refractivity contribution in [3.05, 3.63) is 41.5 Å². The lowest BCUT2D eigenvalue weighted by molar-refractivity contribution is -0.141. The van der Waals surface area contributed by atoms with Crippen molar-refractivity contribution in [3.63, 3.8) is 0 Å². The summed E-state index contributed by atoms with van der Waals surface area (Å²) in [7, 11) is 0. The van der Waals surface area contributed by atoms with E-state index in [1.165, 1.54) is 12.5 Å². The summed E-state index contributed by atoms with van der Waals surface area (Å²) in [6, 6.07) is 7.07. The molecule has 1 fully saturated rings.